The predicted octanol–water partition coefficient (Wildman–Crippen LogP) is 2.12. The summed E-state index contributed by atoms with van der Waals surface area (Å²) in [6.07, 6.45) is 3.77. The van der Waals surface area contributed by atoms with Crippen LogP contribution in [0.25, 0.3) is 6.08 Å². The molecule has 1 N–H and O–H groups in total. The highest BCUT2D eigenvalue weighted by Gasteiger charge is 2.49. The van der Waals surface area contributed by atoms with Gasteiger partial charge in [-0.05, 0) is 11.6 Å². The number of carboxylic acids is 1. The van der Waals surface area contributed by atoms with Gasteiger partial charge in [-0.3, -0.25) is 14.6 Å². The molecule has 1 aromatic heterocycles. The third-order valence-corrected chi connectivity index (χ3v) is 6.29. The van der Waals surface area contributed by atoms with E-state index in [4.69, 9.17) is 10.1 Å². The topological polar surface area (TPSA) is 78.7 Å². The lowest BCUT2D eigenvalue weighted by Gasteiger charge is -2.36. The van der Waals surface area contributed by atoms with Crippen molar-refractivity contribution in [2.24, 2.45) is 0 Å². The Labute approximate surface area is 166 Å². The maximum atomic E-state index is 12.4. The van der Waals surface area contributed by atoms with Crippen LogP contribution in [0, 0.1) is 0 Å². The maximum Gasteiger partial charge on any atom is 0.353 e. The van der Waals surface area contributed by atoms with E-state index in [1.165, 1.54) is 27.6 Å². The van der Waals surface area contributed by atoms with Crippen LogP contribution in [0.1, 0.15) is 17.1 Å². The van der Waals surface area contributed by atoms with Crippen LogP contribution >= 0.6 is 11.8 Å². The quantitative estimate of drug-likeness (QED) is 0.632. The molecule has 142 valence electrons. The number of thioether (sulfide) groups is 1. The Hall–Kier alpha value is -2.84. The number of imidazole rings is 1. The Bertz CT molecular complexity index is 1030. The van der Waals surface area contributed by atoms with Crippen LogP contribution < -0.4 is 0 Å². The van der Waals surface area contributed by atoms with Gasteiger partial charge in [0.1, 0.15) is 16.9 Å². The van der Waals surface area contributed by atoms with Gasteiger partial charge in [-0.2, -0.15) is 0 Å². The normalized spacial score (nSPS) is 22.6. The average Bonchev–Trinajstić information content (AvgIpc) is 3.28. The number of carboxylic acid groups (broad SMARTS) is 1. The van der Waals surface area contributed by atoms with Gasteiger partial charge in [0.05, 0.1) is 17.8 Å². The first-order chi connectivity index (χ1) is 13.6. The van der Waals surface area contributed by atoms with Gasteiger partial charge in [-0.25, -0.2) is 9.78 Å². The molecule has 0 aliphatic carbocycles. The van der Waals surface area contributed by atoms with E-state index in [9.17, 15) is 9.59 Å². The Balaban J connectivity index is 1.30. The second-order valence-corrected chi connectivity index (χ2v) is 8.00. The van der Waals surface area contributed by atoms with Gasteiger partial charge in [0.25, 0.3) is 5.91 Å². The van der Waals surface area contributed by atoms with Crippen molar-refractivity contribution in [1.82, 2.24) is 19.4 Å². The molecular formula is C20H18N4O3S. The molecule has 5 rings (SSSR count). The zero-order valence-electron chi connectivity index (χ0n) is 15.0. The van der Waals surface area contributed by atoms with Crippen molar-refractivity contribution in [1.29, 1.82) is 0 Å². The van der Waals surface area contributed by atoms with Crippen molar-refractivity contribution >= 4 is 29.7 Å². The summed E-state index contributed by atoms with van der Waals surface area (Å²) in [7, 11) is 0. The second kappa shape index (κ2) is 6.65. The van der Waals surface area contributed by atoms with Crippen molar-refractivity contribution in [3.63, 3.8) is 0 Å². The molecule has 0 saturated carbocycles. The summed E-state index contributed by atoms with van der Waals surface area (Å²) in [5.74, 6) is -0.334. The number of aliphatic carboxylic acids is 1. The smallest absolute Gasteiger partial charge is 0.353 e. The number of carbonyl (C=O) groups excluding carboxylic acids is 1. The van der Waals surface area contributed by atoms with Crippen LogP contribution in [0.3, 0.4) is 0 Å². The summed E-state index contributed by atoms with van der Waals surface area (Å²) < 4.78 is 2.14. The SMILES string of the molecule is O=C(O)C1=CSC2/C(=C\c3cn4c(n3)CN(Cc3ccccc3)CC4)C(=O)N12. The molecule has 7 nitrogen and oxygen atoms in total. The Kier molecular flexibility index (Phi) is 4.10. The highest BCUT2D eigenvalue weighted by molar-refractivity contribution is 8.03. The fourth-order valence-corrected chi connectivity index (χ4v) is 4.91. The van der Waals surface area contributed by atoms with Crippen LogP contribution in [-0.2, 0) is 29.2 Å². The first-order valence-electron chi connectivity index (χ1n) is 9.06. The first kappa shape index (κ1) is 17.3. The van der Waals surface area contributed by atoms with Crippen LogP contribution in [0.2, 0.25) is 0 Å². The molecule has 4 heterocycles. The zero-order chi connectivity index (χ0) is 19.3. The maximum absolute atomic E-state index is 12.4. The van der Waals surface area contributed by atoms with Gasteiger partial charge in [0.15, 0.2) is 0 Å². The standard InChI is InChI=1S/C20H18N4O3S/c25-18-15(19-24(18)16(12-28-19)20(26)27)8-14-10-23-7-6-22(11-17(23)21-14)9-13-4-2-1-3-5-13/h1-5,8,10,12,19H,6-7,9,11H2,(H,26,27)/b15-8-. The number of aromatic nitrogens is 2. The van der Waals surface area contributed by atoms with Crippen molar-refractivity contribution in [3.05, 3.63) is 70.3 Å². The third-order valence-electron chi connectivity index (χ3n) is 5.21. The van der Waals surface area contributed by atoms with Gasteiger partial charge >= 0.3 is 5.97 Å². The largest absolute Gasteiger partial charge is 0.477 e. The molecule has 1 unspecified atom stereocenters. The fourth-order valence-electron chi connectivity index (χ4n) is 3.80. The van der Waals surface area contributed by atoms with Gasteiger partial charge in [0.2, 0.25) is 0 Å². The average molecular weight is 394 g/mol. The molecular weight excluding hydrogens is 376 g/mol. The zero-order valence-corrected chi connectivity index (χ0v) is 15.8. The monoisotopic (exact) mass is 394 g/mol. The van der Waals surface area contributed by atoms with E-state index in [1.54, 1.807) is 6.08 Å². The summed E-state index contributed by atoms with van der Waals surface area (Å²) in [4.78, 5) is 31.9. The fraction of sp³-hybridized carbons (Fsp3) is 0.250. The minimum Gasteiger partial charge on any atom is -0.477 e. The first-order valence-corrected chi connectivity index (χ1v) is 10.0. The van der Waals surface area contributed by atoms with Gasteiger partial charge in [0, 0.05) is 31.2 Å². The van der Waals surface area contributed by atoms with E-state index in [-0.39, 0.29) is 17.0 Å². The third kappa shape index (κ3) is 2.85. The number of amides is 1. The Morgan fingerprint density at radius 1 is 1.29 bits per heavy atom. The second-order valence-electron chi connectivity index (χ2n) is 7.04. The molecule has 2 aromatic rings. The number of β-lactam (4-membered cyclic amide) rings is 1. The molecule has 1 aromatic carbocycles. The molecule has 1 atom stereocenters. The molecule has 3 aliphatic rings. The van der Waals surface area contributed by atoms with Gasteiger partial charge in [-0.15, -0.1) is 11.8 Å². The van der Waals surface area contributed by atoms with Crippen molar-refractivity contribution < 1.29 is 14.7 Å². The molecule has 3 aliphatic heterocycles. The molecule has 8 heteroatoms. The molecule has 1 amide bonds. The lowest BCUT2D eigenvalue weighted by Crippen LogP contribution is -2.51. The van der Waals surface area contributed by atoms with Crippen molar-refractivity contribution in [3.8, 4) is 0 Å². The van der Waals surface area contributed by atoms with E-state index < -0.39 is 5.97 Å². The minimum absolute atomic E-state index is 0.0536. The minimum atomic E-state index is -1.07. The number of carbonyl (C=O) groups is 2. The summed E-state index contributed by atoms with van der Waals surface area (Å²) >= 11 is 1.35. The highest BCUT2D eigenvalue weighted by atomic mass is 32.2. The molecule has 1 saturated heterocycles. The van der Waals surface area contributed by atoms with E-state index in [1.807, 2.05) is 12.3 Å². The van der Waals surface area contributed by atoms with Crippen LogP contribution in [-0.4, -0.2) is 48.3 Å². The molecule has 1 fully saturated rings. The van der Waals surface area contributed by atoms with Gasteiger partial charge < -0.3 is 9.67 Å². The van der Waals surface area contributed by atoms with E-state index >= 15 is 0 Å². The lowest BCUT2D eigenvalue weighted by molar-refractivity contribution is -0.141. The van der Waals surface area contributed by atoms with Crippen LogP contribution in [0.5, 0.6) is 0 Å². The summed E-state index contributed by atoms with van der Waals surface area (Å²) in [5.41, 5.74) is 2.70. The predicted molar refractivity (Wildman–Crippen MR) is 105 cm³/mol. The van der Waals surface area contributed by atoms with Crippen molar-refractivity contribution in [2.75, 3.05) is 6.54 Å². The van der Waals surface area contributed by atoms with Crippen molar-refractivity contribution in [2.45, 2.75) is 25.0 Å². The number of fused-ring (bicyclic) bond motifs is 2. The Morgan fingerprint density at radius 3 is 2.89 bits per heavy atom. The summed E-state index contributed by atoms with van der Waals surface area (Å²) in [6, 6.07) is 10.4. The van der Waals surface area contributed by atoms with E-state index in [0.717, 1.165) is 37.7 Å². The molecule has 28 heavy (non-hydrogen) atoms. The number of rotatable bonds is 4. The molecule has 0 bridgehead atoms. The van der Waals surface area contributed by atoms with Crippen LogP contribution in [0.15, 0.2) is 53.2 Å². The highest BCUT2D eigenvalue weighted by Crippen LogP contribution is 2.45. The number of hydrogen-bond acceptors (Lipinski definition) is 5. The molecule has 0 radical (unpaired) electrons. The lowest BCUT2D eigenvalue weighted by atomic mass is 10.0. The van der Waals surface area contributed by atoms with E-state index in [2.05, 4.69) is 33.7 Å². The van der Waals surface area contributed by atoms with Crippen LogP contribution in [0.4, 0.5) is 0 Å². The van der Waals surface area contributed by atoms with E-state index in [0.29, 0.717) is 5.57 Å². The summed E-state index contributed by atoms with van der Waals surface area (Å²) in [6.45, 7) is 3.47. The molecule has 0 spiro atoms. The number of nitrogens with zero attached hydrogens (tertiary/aromatic N) is 4. The number of benzene rings is 1. The van der Waals surface area contributed by atoms with Gasteiger partial charge in [-0.1, -0.05) is 30.3 Å². The number of hydrogen-bond donors (Lipinski definition) is 1. The Morgan fingerprint density at radius 2 is 2.11 bits per heavy atom. The summed E-state index contributed by atoms with van der Waals surface area (Å²) in [5, 5.41) is 10.4.